The van der Waals surface area contributed by atoms with Gasteiger partial charge in [-0.25, -0.2) is 4.98 Å². The Labute approximate surface area is 145 Å². The van der Waals surface area contributed by atoms with Gasteiger partial charge in [-0.1, -0.05) is 0 Å². The highest BCUT2D eigenvalue weighted by Crippen LogP contribution is 2.49. The maximum atomic E-state index is 6.09. The van der Waals surface area contributed by atoms with Gasteiger partial charge in [0.25, 0.3) is 0 Å². The van der Waals surface area contributed by atoms with Crippen LogP contribution in [0.25, 0.3) is 0 Å². The number of fused-ring (bicyclic) bond motifs is 2. The molecule has 1 aromatic rings. The lowest BCUT2D eigenvalue weighted by atomic mass is 9.94. The number of hydrogen-bond donors (Lipinski definition) is 2. The van der Waals surface area contributed by atoms with Gasteiger partial charge in [0.05, 0.1) is 12.2 Å². The van der Waals surface area contributed by atoms with Crippen LogP contribution in [0.15, 0.2) is 12.1 Å². The molecule has 0 radical (unpaired) electrons. The second kappa shape index (κ2) is 6.19. The molecule has 3 aliphatic rings. The number of rotatable bonds is 4. The van der Waals surface area contributed by atoms with Gasteiger partial charge in [0.2, 0.25) is 0 Å². The van der Waals surface area contributed by atoms with Crippen LogP contribution in [-0.4, -0.2) is 40.7 Å². The fourth-order valence-corrected chi connectivity index (χ4v) is 5.08. The van der Waals surface area contributed by atoms with Crippen LogP contribution in [0.1, 0.15) is 51.5 Å². The molecule has 0 aromatic carbocycles. The van der Waals surface area contributed by atoms with E-state index >= 15 is 0 Å². The molecule has 1 aromatic heterocycles. The molecule has 132 valence electrons. The van der Waals surface area contributed by atoms with Crippen LogP contribution in [0.2, 0.25) is 0 Å². The van der Waals surface area contributed by atoms with Crippen molar-refractivity contribution in [2.24, 2.45) is 5.92 Å². The zero-order valence-corrected chi connectivity index (χ0v) is 14.9. The van der Waals surface area contributed by atoms with E-state index in [1.165, 1.54) is 37.7 Å². The van der Waals surface area contributed by atoms with Gasteiger partial charge in [-0.15, -0.1) is 0 Å². The first kappa shape index (κ1) is 16.2. The number of nitrogens with two attached hydrogens (primary N) is 1. The lowest BCUT2D eigenvalue weighted by molar-refractivity contribution is -0.0704. The SMILES string of the molecule is C[C@@H]1CN(Cc2cc(N)nc(NC34CCC(CC3)C4)c2)C[C@H](C)O1. The quantitative estimate of drug-likeness (QED) is 0.888. The molecule has 2 saturated carbocycles. The van der Waals surface area contributed by atoms with Crippen LogP contribution < -0.4 is 11.1 Å². The van der Waals surface area contributed by atoms with Crippen molar-refractivity contribution in [2.45, 2.75) is 70.2 Å². The molecule has 2 bridgehead atoms. The number of morpholine rings is 1. The fourth-order valence-electron chi connectivity index (χ4n) is 5.08. The molecule has 1 saturated heterocycles. The Morgan fingerprint density at radius 2 is 1.96 bits per heavy atom. The average molecular weight is 330 g/mol. The fraction of sp³-hybridized carbons (Fsp3) is 0.737. The Morgan fingerprint density at radius 3 is 2.58 bits per heavy atom. The van der Waals surface area contributed by atoms with E-state index in [4.69, 9.17) is 10.5 Å². The van der Waals surface area contributed by atoms with E-state index in [2.05, 4.69) is 35.1 Å². The molecule has 0 amide bonds. The van der Waals surface area contributed by atoms with E-state index in [0.717, 1.165) is 31.4 Å². The summed E-state index contributed by atoms with van der Waals surface area (Å²) in [7, 11) is 0. The van der Waals surface area contributed by atoms with Crippen LogP contribution in [0.4, 0.5) is 11.6 Å². The Bertz CT molecular complexity index is 587. The first-order chi connectivity index (χ1) is 11.5. The van der Waals surface area contributed by atoms with Crippen LogP contribution >= 0.6 is 0 Å². The first-order valence-electron chi connectivity index (χ1n) is 9.42. The van der Waals surface area contributed by atoms with E-state index in [0.29, 0.717) is 18.0 Å². The minimum absolute atomic E-state index is 0.282. The highest BCUT2D eigenvalue weighted by atomic mass is 16.5. The van der Waals surface area contributed by atoms with Crippen LogP contribution in [0.3, 0.4) is 0 Å². The highest BCUT2D eigenvalue weighted by molar-refractivity contribution is 5.48. The maximum Gasteiger partial charge on any atom is 0.129 e. The number of pyridine rings is 1. The van der Waals surface area contributed by atoms with Crippen molar-refractivity contribution in [1.29, 1.82) is 0 Å². The van der Waals surface area contributed by atoms with Crippen molar-refractivity contribution >= 4 is 11.6 Å². The topological polar surface area (TPSA) is 63.4 Å². The molecule has 3 N–H and O–H groups in total. The summed E-state index contributed by atoms with van der Waals surface area (Å²) >= 11 is 0. The molecule has 5 heteroatoms. The van der Waals surface area contributed by atoms with Gasteiger partial charge >= 0.3 is 0 Å². The predicted octanol–water partition coefficient (Wildman–Crippen LogP) is 3.02. The third kappa shape index (κ3) is 3.38. The molecular formula is C19H30N4O. The number of aromatic nitrogens is 1. The molecule has 3 fully saturated rings. The second-order valence-electron chi connectivity index (χ2n) is 8.29. The van der Waals surface area contributed by atoms with Gasteiger partial charge in [0.1, 0.15) is 11.6 Å². The third-order valence-electron chi connectivity index (χ3n) is 5.94. The number of anilines is 2. The van der Waals surface area contributed by atoms with Crippen molar-refractivity contribution in [3.63, 3.8) is 0 Å². The molecule has 2 heterocycles. The summed E-state index contributed by atoms with van der Waals surface area (Å²) in [5, 5.41) is 3.75. The summed E-state index contributed by atoms with van der Waals surface area (Å²) in [5.74, 6) is 2.50. The van der Waals surface area contributed by atoms with Crippen LogP contribution in [0.5, 0.6) is 0 Å². The smallest absolute Gasteiger partial charge is 0.129 e. The van der Waals surface area contributed by atoms with Crippen molar-refractivity contribution in [1.82, 2.24) is 9.88 Å². The monoisotopic (exact) mass is 330 g/mol. The molecule has 2 atom stereocenters. The normalized spacial score (nSPS) is 36.2. The first-order valence-corrected chi connectivity index (χ1v) is 9.42. The Hall–Kier alpha value is -1.33. The standard InChI is InChI=1S/C19H30N4O/c1-13-10-23(11-14(2)24-13)12-16-7-17(20)21-18(8-16)22-19-5-3-15(9-19)4-6-19/h7-8,13-15H,3-6,9-12H2,1-2H3,(H3,20,21,22)/t13-,14+,15?,19?. The van der Waals surface area contributed by atoms with Gasteiger partial charge in [-0.2, -0.15) is 0 Å². The molecule has 0 unspecified atom stereocenters. The molecule has 4 rings (SSSR count). The summed E-state index contributed by atoms with van der Waals surface area (Å²) in [6.07, 6.45) is 7.18. The van der Waals surface area contributed by atoms with E-state index in [1.807, 2.05) is 6.07 Å². The number of nitrogens with zero attached hydrogens (tertiary/aromatic N) is 2. The number of nitrogen functional groups attached to an aromatic ring is 1. The highest BCUT2D eigenvalue weighted by Gasteiger charge is 2.44. The van der Waals surface area contributed by atoms with Crippen LogP contribution in [0, 0.1) is 5.92 Å². The molecule has 5 nitrogen and oxygen atoms in total. The molecule has 1 aliphatic heterocycles. The Morgan fingerprint density at radius 1 is 1.25 bits per heavy atom. The van der Waals surface area contributed by atoms with Crippen molar-refractivity contribution in [3.8, 4) is 0 Å². The number of nitrogens with one attached hydrogen (secondary N) is 1. The largest absolute Gasteiger partial charge is 0.384 e. The van der Waals surface area contributed by atoms with E-state index in [1.54, 1.807) is 0 Å². The van der Waals surface area contributed by atoms with Gasteiger partial charge < -0.3 is 15.8 Å². The number of ether oxygens (including phenoxy) is 1. The second-order valence-corrected chi connectivity index (χ2v) is 8.29. The summed E-state index contributed by atoms with van der Waals surface area (Å²) in [6, 6.07) is 4.21. The van der Waals surface area contributed by atoms with E-state index in [9.17, 15) is 0 Å². The molecule has 0 spiro atoms. The summed E-state index contributed by atoms with van der Waals surface area (Å²) in [5.41, 5.74) is 7.62. The van der Waals surface area contributed by atoms with Crippen molar-refractivity contribution in [3.05, 3.63) is 17.7 Å². The summed E-state index contributed by atoms with van der Waals surface area (Å²) in [4.78, 5) is 7.01. The van der Waals surface area contributed by atoms with E-state index < -0.39 is 0 Å². The van der Waals surface area contributed by atoms with Crippen molar-refractivity contribution in [2.75, 3.05) is 24.1 Å². The zero-order chi connectivity index (χ0) is 16.7. The molecule has 24 heavy (non-hydrogen) atoms. The summed E-state index contributed by atoms with van der Waals surface area (Å²) < 4.78 is 5.83. The Balaban J connectivity index is 1.47. The lowest BCUT2D eigenvalue weighted by Gasteiger charge is -2.35. The van der Waals surface area contributed by atoms with E-state index in [-0.39, 0.29) is 5.54 Å². The van der Waals surface area contributed by atoms with Gasteiger partial charge in [-0.3, -0.25) is 4.90 Å². The average Bonchev–Trinajstić information content (AvgIpc) is 3.05. The van der Waals surface area contributed by atoms with Gasteiger partial charge in [-0.05, 0) is 69.6 Å². The number of hydrogen-bond acceptors (Lipinski definition) is 5. The summed E-state index contributed by atoms with van der Waals surface area (Å²) in [6.45, 7) is 7.15. The predicted molar refractivity (Wildman–Crippen MR) is 96.9 cm³/mol. The maximum absolute atomic E-state index is 6.09. The van der Waals surface area contributed by atoms with Crippen LogP contribution in [-0.2, 0) is 11.3 Å². The minimum Gasteiger partial charge on any atom is -0.384 e. The van der Waals surface area contributed by atoms with Gasteiger partial charge in [0.15, 0.2) is 0 Å². The zero-order valence-electron chi connectivity index (χ0n) is 14.9. The van der Waals surface area contributed by atoms with Gasteiger partial charge in [0, 0.05) is 25.2 Å². The lowest BCUT2D eigenvalue weighted by Crippen LogP contribution is -2.44. The van der Waals surface area contributed by atoms with Crippen molar-refractivity contribution < 1.29 is 4.74 Å². The molecule has 2 aliphatic carbocycles. The Kier molecular flexibility index (Phi) is 4.17. The third-order valence-corrected chi connectivity index (χ3v) is 5.94. The molecular weight excluding hydrogens is 300 g/mol. The minimum atomic E-state index is 0.282.